The van der Waals surface area contributed by atoms with Gasteiger partial charge >= 0.3 is 5.97 Å². The number of benzene rings is 1. The second-order valence-corrected chi connectivity index (χ2v) is 5.84. The fraction of sp³-hybridized carbons (Fsp3) is 0.357. The summed E-state index contributed by atoms with van der Waals surface area (Å²) in [6.07, 6.45) is 0. The molecule has 0 radical (unpaired) electrons. The van der Waals surface area contributed by atoms with E-state index in [1.807, 2.05) is 31.2 Å². The highest BCUT2D eigenvalue weighted by molar-refractivity contribution is 8.00. The monoisotopic (exact) mass is 310 g/mol. The van der Waals surface area contributed by atoms with Crippen LogP contribution in [0.5, 0.6) is 0 Å². The molecule has 0 heterocycles. The van der Waals surface area contributed by atoms with Gasteiger partial charge in [-0.3, -0.25) is 14.4 Å². The van der Waals surface area contributed by atoms with E-state index in [9.17, 15) is 14.4 Å². The van der Waals surface area contributed by atoms with Gasteiger partial charge in [-0.2, -0.15) is 0 Å². The van der Waals surface area contributed by atoms with Crippen LogP contribution in [0.4, 0.5) is 0 Å². The van der Waals surface area contributed by atoms with E-state index >= 15 is 0 Å². The number of nitrogens with two attached hydrogens (primary N) is 1. The zero-order valence-electron chi connectivity index (χ0n) is 11.9. The van der Waals surface area contributed by atoms with Gasteiger partial charge < -0.3 is 15.8 Å². The lowest BCUT2D eigenvalue weighted by molar-refractivity contribution is -0.147. The van der Waals surface area contributed by atoms with E-state index in [0.717, 1.165) is 10.5 Å². The SMILES string of the molecule is Cc1ccc(S[C@H](C)C(=O)OCC(=O)NCC(N)=O)cc1. The predicted octanol–water partition coefficient (Wildman–Crippen LogP) is 0.620. The van der Waals surface area contributed by atoms with Crippen LogP contribution in [0.25, 0.3) is 0 Å². The summed E-state index contributed by atoms with van der Waals surface area (Å²) in [7, 11) is 0. The number of ether oxygens (including phenoxy) is 1. The number of carbonyl (C=O) groups excluding carboxylic acids is 3. The number of esters is 1. The van der Waals surface area contributed by atoms with E-state index in [1.54, 1.807) is 6.92 Å². The zero-order valence-corrected chi connectivity index (χ0v) is 12.7. The largest absolute Gasteiger partial charge is 0.455 e. The van der Waals surface area contributed by atoms with Gasteiger partial charge in [0.2, 0.25) is 5.91 Å². The number of aryl methyl sites for hydroxylation is 1. The Morgan fingerprint density at radius 2 is 1.90 bits per heavy atom. The van der Waals surface area contributed by atoms with E-state index in [4.69, 9.17) is 10.5 Å². The summed E-state index contributed by atoms with van der Waals surface area (Å²) in [6, 6.07) is 7.75. The second kappa shape index (κ2) is 8.31. The van der Waals surface area contributed by atoms with Crippen molar-refractivity contribution < 1.29 is 19.1 Å². The summed E-state index contributed by atoms with van der Waals surface area (Å²) in [5.41, 5.74) is 6.02. The maximum atomic E-state index is 11.7. The molecule has 0 fully saturated rings. The normalized spacial score (nSPS) is 11.5. The number of hydrogen-bond donors (Lipinski definition) is 2. The third kappa shape index (κ3) is 6.80. The van der Waals surface area contributed by atoms with Crippen molar-refractivity contribution in [1.29, 1.82) is 0 Å². The van der Waals surface area contributed by atoms with Crippen molar-refractivity contribution in [2.45, 2.75) is 24.0 Å². The Hall–Kier alpha value is -2.02. The molecule has 0 bridgehead atoms. The summed E-state index contributed by atoms with van der Waals surface area (Å²) < 4.78 is 4.87. The Balaban J connectivity index is 2.35. The highest BCUT2D eigenvalue weighted by atomic mass is 32.2. The lowest BCUT2D eigenvalue weighted by atomic mass is 10.2. The number of amides is 2. The van der Waals surface area contributed by atoms with Crippen LogP contribution in [0.15, 0.2) is 29.2 Å². The van der Waals surface area contributed by atoms with Crippen LogP contribution in [0.1, 0.15) is 12.5 Å². The van der Waals surface area contributed by atoms with Crippen LogP contribution in [-0.4, -0.2) is 36.2 Å². The van der Waals surface area contributed by atoms with Crippen LogP contribution in [0.3, 0.4) is 0 Å². The van der Waals surface area contributed by atoms with Gasteiger partial charge in [-0.25, -0.2) is 0 Å². The van der Waals surface area contributed by atoms with E-state index < -0.39 is 29.6 Å². The maximum absolute atomic E-state index is 11.7. The molecule has 114 valence electrons. The average molecular weight is 310 g/mol. The topological polar surface area (TPSA) is 98.5 Å². The maximum Gasteiger partial charge on any atom is 0.319 e. The molecule has 3 N–H and O–H groups in total. The molecule has 2 amide bonds. The Morgan fingerprint density at radius 3 is 2.48 bits per heavy atom. The molecule has 0 saturated carbocycles. The van der Waals surface area contributed by atoms with Gasteiger partial charge in [-0.15, -0.1) is 11.8 Å². The lowest BCUT2D eigenvalue weighted by Crippen LogP contribution is -2.36. The standard InChI is InChI=1S/C14H18N2O4S/c1-9-3-5-11(6-4-9)21-10(2)14(19)20-8-13(18)16-7-12(15)17/h3-6,10H,7-8H2,1-2H3,(H2,15,17)(H,16,18)/t10-/m1/s1. The number of nitrogens with one attached hydrogen (secondary N) is 1. The predicted molar refractivity (Wildman–Crippen MR) is 79.7 cm³/mol. The molecule has 21 heavy (non-hydrogen) atoms. The van der Waals surface area contributed by atoms with Crippen molar-refractivity contribution in [2.24, 2.45) is 5.73 Å². The molecule has 6 nitrogen and oxygen atoms in total. The van der Waals surface area contributed by atoms with E-state index in [0.29, 0.717) is 0 Å². The number of rotatable bonds is 7. The number of thioether (sulfide) groups is 1. The molecule has 0 aromatic heterocycles. The summed E-state index contributed by atoms with van der Waals surface area (Å²) >= 11 is 1.35. The molecule has 0 aliphatic rings. The van der Waals surface area contributed by atoms with Crippen LogP contribution >= 0.6 is 11.8 Å². The second-order valence-electron chi connectivity index (χ2n) is 4.42. The number of primary amides is 1. The van der Waals surface area contributed by atoms with Gasteiger partial charge in [0.1, 0.15) is 5.25 Å². The van der Waals surface area contributed by atoms with Gasteiger partial charge in [-0.1, -0.05) is 17.7 Å². The Labute approximate surface area is 127 Å². The van der Waals surface area contributed by atoms with Gasteiger partial charge in [0.15, 0.2) is 6.61 Å². The smallest absolute Gasteiger partial charge is 0.319 e. The molecule has 0 unspecified atom stereocenters. The van der Waals surface area contributed by atoms with Gasteiger partial charge in [0.25, 0.3) is 5.91 Å². The van der Waals surface area contributed by atoms with E-state index in [2.05, 4.69) is 5.32 Å². The average Bonchev–Trinajstić information content (AvgIpc) is 2.44. The minimum Gasteiger partial charge on any atom is -0.455 e. The first-order chi connectivity index (χ1) is 9.88. The first-order valence-corrected chi connectivity index (χ1v) is 7.21. The van der Waals surface area contributed by atoms with Crippen LogP contribution in [0.2, 0.25) is 0 Å². The number of hydrogen-bond acceptors (Lipinski definition) is 5. The van der Waals surface area contributed by atoms with Crippen LogP contribution in [-0.2, 0) is 19.1 Å². The molecule has 1 atom stereocenters. The molecule has 0 spiro atoms. The summed E-state index contributed by atoms with van der Waals surface area (Å²) in [5, 5.41) is 1.80. The minimum atomic E-state index is -0.655. The molecule has 7 heteroatoms. The fourth-order valence-electron chi connectivity index (χ4n) is 1.36. The molecular weight excluding hydrogens is 292 g/mol. The van der Waals surface area contributed by atoms with Crippen molar-refractivity contribution in [1.82, 2.24) is 5.32 Å². The fourth-order valence-corrected chi connectivity index (χ4v) is 2.23. The van der Waals surface area contributed by atoms with Gasteiger partial charge in [0.05, 0.1) is 6.54 Å². The van der Waals surface area contributed by atoms with Crippen molar-refractivity contribution in [2.75, 3.05) is 13.2 Å². The molecule has 0 aliphatic carbocycles. The highest BCUT2D eigenvalue weighted by Gasteiger charge is 2.17. The first kappa shape index (κ1) is 17.0. The quantitative estimate of drug-likeness (QED) is 0.568. The molecule has 1 aromatic carbocycles. The first-order valence-electron chi connectivity index (χ1n) is 6.33. The molecule has 0 aliphatic heterocycles. The number of carbonyl (C=O) groups is 3. The molecule has 1 aromatic rings. The van der Waals surface area contributed by atoms with Crippen molar-refractivity contribution in [3.8, 4) is 0 Å². The Bertz CT molecular complexity index is 516. The van der Waals surface area contributed by atoms with Crippen molar-refractivity contribution >= 4 is 29.5 Å². The third-order valence-electron chi connectivity index (χ3n) is 2.47. The van der Waals surface area contributed by atoms with Crippen molar-refractivity contribution in [3.63, 3.8) is 0 Å². The van der Waals surface area contributed by atoms with E-state index in [-0.39, 0.29) is 6.54 Å². The summed E-state index contributed by atoms with van der Waals surface area (Å²) in [6.45, 7) is 2.99. The van der Waals surface area contributed by atoms with Gasteiger partial charge in [0, 0.05) is 4.90 Å². The molecule has 1 rings (SSSR count). The highest BCUT2D eigenvalue weighted by Crippen LogP contribution is 2.24. The third-order valence-corrected chi connectivity index (χ3v) is 3.56. The lowest BCUT2D eigenvalue weighted by Gasteiger charge is -2.11. The molecular formula is C14H18N2O4S. The Morgan fingerprint density at radius 1 is 1.29 bits per heavy atom. The van der Waals surface area contributed by atoms with Gasteiger partial charge in [-0.05, 0) is 26.0 Å². The molecule has 0 saturated heterocycles. The van der Waals surface area contributed by atoms with E-state index in [1.165, 1.54) is 11.8 Å². The van der Waals surface area contributed by atoms with Crippen LogP contribution < -0.4 is 11.1 Å². The Kier molecular flexibility index (Phi) is 6.74. The summed E-state index contributed by atoms with van der Waals surface area (Å²) in [4.78, 5) is 34.4. The van der Waals surface area contributed by atoms with Crippen molar-refractivity contribution in [3.05, 3.63) is 29.8 Å². The zero-order chi connectivity index (χ0) is 15.8. The van der Waals surface area contributed by atoms with Crippen LogP contribution in [0, 0.1) is 6.92 Å². The summed E-state index contributed by atoms with van der Waals surface area (Å²) in [5.74, 6) is -1.71. The minimum absolute atomic E-state index is 0.274.